The Morgan fingerprint density at radius 3 is 2.39 bits per heavy atom. The summed E-state index contributed by atoms with van der Waals surface area (Å²) in [7, 11) is 1.14. The van der Waals surface area contributed by atoms with Crippen molar-refractivity contribution < 1.29 is 14.5 Å². The first-order valence-electron chi connectivity index (χ1n) is 4.60. The number of rotatable bonds is 4. The Hall–Kier alpha value is -1.41. The van der Waals surface area contributed by atoms with Crippen LogP contribution in [0.15, 0.2) is 39.0 Å². The number of carbonyl (C=O) groups is 1. The molecule has 0 saturated heterocycles. The van der Waals surface area contributed by atoms with E-state index in [1.54, 1.807) is 24.3 Å². The zero-order valence-corrected chi connectivity index (χ0v) is 12.3. The lowest BCUT2D eigenvalue weighted by molar-refractivity contribution is -0.409. The molecule has 0 aliphatic heterocycles. The summed E-state index contributed by atoms with van der Waals surface area (Å²) in [6, 6.07) is 6.79. The molecule has 0 aromatic heterocycles. The summed E-state index contributed by atoms with van der Waals surface area (Å²) in [5.74, 6) is -0.832. The van der Waals surface area contributed by atoms with Crippen LogP contribution in [0.25, 0.3) is 0 Å². The first kappa shape index (κ1) is 14.7. The summed E-state index contributed by atoms with van der Waals surface area (Å²) in [6.07, 6.45) is 0. The molecule has 0 unspecified atom stereocenters. The van der Waals surface area contributed by atoms with Crippen LogP contribution >= 0.6 is 31.9 Å². The Labute approximate surface area is 119 Å². The van der Waals surface area contributed by atoms with Crippen molar-refractivity contribution in [2.24, 2.45) is 0 Å². The number of nitrogens with zero attached hydrogens (tertiary/aromatic N) is 1. The van der Waals surface area contributed by atoms with Crippen LogP contribution in [0.2, 0.25) is 0 Å². The van der Waals surface area contributed by atoms with E-state index in [4.69, 9.17) is 0 Å². The Kier molecular flexibility index (Phi) is 5.29. The van der Waals surface area contributed by atoms with E-state index in [1.165, 1.54) is 0 Å². The van der Waals surface area contributed by atoms with Crippen molar-refractivity contribution >= 4 is 43.5 Å². The van der Waals surface area contributed by atoms with Crippen molar-refractivity contribution in [1.82, 2.24) is 0 Å². The van der Waals surface area contributed by atoms with Crippen LogP contribution in [0.1, 0.15) is 0 Å². The highest BCUT2D eigenvalue weighted by molar-refractivity contribution is 9.11. The highest BCUT2D eigenvalue weighted by atomic mass is 79.9. The molecule has 0 aliphatic carbocycles. The summed E-state index contributed by atoms with van der Waals surface area (Å²) < 4.78 is 4.84. The predicted molar refractivity (Wildman–Crippen MR) is 72.7 cm³/mol. The Bertz CT molecular complexity index is 499. The van der Waals surface area contributed by atoms with Crippen molar-refractivity contribution in [3.8, 4) is 0 Å². The van der Waals surface area contributed by atoms with E-state index in [0.29, 0.717) is 5.69 Å². The minimum Gasteiger partial charge on any atom is -0.464 e. The van der Waals surface area contributed by atoms with Crippen molar-refractivity contribution in [3.05, 3.63) is 49.2 Å². The number of benzene rings is 1. The van der Waals surface area contributed by atoms with Gasteiger partial charge in [0.1, 0.15) is 0 Å². The summed E-state index contributed by atoms with van der Waals surface area (Å²) in [5.41, 5.74) is 0.252. The maximum absolute atomic E-state index is 11.4. The lowest BCUT2D eigenvalue weighted by Crippen LogP contribution is -2.17. The number of anilines is 1. The molecule has 0 bridgehead atoms. The molecule has 0 amide bonds. The van der Waals surface area contributed by atoms with Gasteiger partial charge in [-0.25, -0.2) is 4.79 Å². The van der Waals surface area contributed by atoms with E-state index in [-0.39, 0.29) is 5.70 Å². The second-order valence-electron chi connectivity index (χ2n) is 3.05. The molecule has 1 N–H and O–H groups in total. The molecule has 18 heavy (non-hydrogen) atoms. The number of ether oxygens (including phenoxy) is 1. The zero-order valence-electron chi connectivity index (χ0n) is 9.15. The SMILES string of the molecule is COC(=O)C(Nc1ccc(Br)cc1)=C(Br)[N+](=O)[O-]. The van der Waals surface area contributed by atoms with Gasteiger partial charge in [0.15, 0.2) is 0 Å². The Balaban J connectivity index is 3.07. The summed E-state index contributed by atoms with van der Waals surface area (Å²) in [4.78, 5) is 21.4. The maximum Gasteiger partial charge on any atom is 0.362 e. The molecule has 0 heterocycles. The molecule has 96 valence electrons. The van der Waals surface area contributed by atoms with Crippen LogP contribution in [-0.2, 0) is 9.53 Å². The van der Waals surface area contributed by atoms with E-state index in [0.717, 1.165) is 11.6 Å². The van der Waals surface area contributed by atoms with E-state index in [1.807, 2.05) is 0 Å². The number of nitrogens with one attached hydrogen (secondary N) is 1. The number of nitro groups is 1. The fraction of sp³-hybridized carbons (Fsp3) is 0.100. The first-order valence-corrected chi connectivity index (χ1v) is 6.19. The quantitative estimate of drug-likeness (QED) is 0.286. The van der Waals surface area contributed by atoms with Gasteiger partial charge in [-0.1, -0.05) is 15.9 Å². The van der Waals surface area contributed by atoms with Crippen LogP contribution in [0, 0.1) is 10.1 Å². The number of hydrogen-bond acceptors (Lipinski definition) is 5. The molecule has 6 nitrogen and oxygen atoms in total. The molecule has 0 spiro atoms. The molecule has 0 saturated carbocycles. The van der Waals surface area contributed by atoms with E-state index < -0.39 is 15.5 Å². The number of halogens is 2. The van der Waals surface area contributed by atoms with Crippen LogP contribution in [0.5, 0.6) is 0 Å². The first-order chi connectivity index (χ1) is 8.45. The molecule has 0 aliphatic rings. The number of hydrogen-bond donors (Lipinski definition) is 1. The van der Waals surface area contributed by atoms with Crippen LogP contribution < -0.4 is 5.32 Å². The van der Waals surface area contributed by atoms with Gasteiger partial charge in [-0.15, -0.1) is 0 Å². The fourth-order valence-corrected chi connectivity index (χ4v) is 1.58. The van der Waals surface area contributed by atoms with Gasteiger partial charge < -0.3 is 10.1 Å². The topological polar surface area (TPSA) is 81.5 Å². The Morgan fingerprint density at radius 2 is 1.94 bits per heavy atom. The van der Waals surface area contributed by atoms with Crippen molar-refractivity contribution in [2.45, 2.75) is 0 Å². The van der Waals surface area contributed by atoms with Crippen molar-refractivity contribution in [1.29, 1.82) is 0 Å². The summed E-state index contributed by atoms with van der Waals surface area (Å²) in [5, 5.41) is 13.3. The third-order valence-electron chi connectivity index (χ3n) is 1.87. The van der Waals surface area contributed by atoms with Gasteiger partial charge in [-0.3, -0.25) is 10.1 Å². The minimum atomic E-state index is -0.832. The third kappa shape index (κ3) is 3.81. The molecule has 0 fully saturated rings. The van der Waals surface area contributed by atoms with Gasteiger partial charge in [0.05, 0.1) is 12.0 Å². The smallest absolute Gasteiger partial charge is 0.362 e. The molecule has 1 aromatic carbocycles. The highest BCUT2D eigenvalue weighted by Gasteiger charge is 2.23. The third-order valence-corrected chi connectivity index (χ3v) is 3.08. The maximum atomic E-state index is 11.4. The highest BCUT2D eigenvalue weighted by Crippen LogP contribution is 2.20. The van der Waals surface area contributed by atoms with Gasteiger partial charge >= 0.3 is 10.6 Å². The van der Waals surface area contributed by atoms with Crippen LogP contribution in [0.3, 0.4) is 0 Å². The average molecular weight is 380 g/mol. The lowest BCUT2D eigenvalue weighted by atomic mass is 10.3. The van der Waals surface area contributed by atoms with Gasteiger partial charge in [0.25, 0.3) is 0 Å². The standard InChI is InChI=1S/C10H8Br2N2O4/c1-18-10(15)8(9(12)14(16)17)13-7-4-2-6(11)3-5-7/h2-5,13H,1H3. The second-order valence-corrected chi connectivity index (χ2v) is 4.71. The van der Waals surface area contributed by atoms with Crippen molar-refractivity contribution in [3.63, 3.8) is 0 Å². The van der Waals surface area contributed by atoms with E-state index >= 15 is 0 Å². The second kappa shape index (κ2) is 6.50. The van der Waals surface area contributed by atoms with Crippen LogP contribution in [0.4, 0.5) is 5.69 Å². The summed E-state index contributed by atoms with van der Waals surface area (Å²) in [6.45, 7) is 0. The molecular weight excluding hydrogens is 372 g/mol. The molecular formula is C10H8Br2N2O4. The number of carbonyl (C=O) groups excluding carboxylic acids is 1. The minimum absolute atomic E-state index is 0.273. The predicted octanol–water partition coefficient (Wildman–Crippen LogP) is 2.87. The van der Waals surface area contributed by atoms with Gasteiger partial charge in [-0.05, 0) is 24.3 Å². The fourth-order valence-electron chi connectivity index (χ4n) is 1.06. The molecule has 8 heteroatoms. The number of esters is 1. The van der Waals surface area contributed by atoms with Crippen molar-refractivity contribution in [2.75, 3.05) is 12.4 Å². The van der Waals surface area contributed by atoms with Gasteiger partial charge in [0, 0.05) is 26.1 Å². The van der Waals surface area contributed by atoms with Crippen LogP contribution in [-0.4, -0.2) is 18.0 Å². The Morgan fingerprint density at radius 1 is 1.39 bits per heavy atom. The van der Waals surface area contributed by atoms with E-state index in [2.05, 4.69) is 41.9 Å². The average Bonchev–Trinajstić information content (AvgIpc) is 2.36. The molecule has 1 aromatic rings. The normalized spacial score (nSPS) is 11.5. The van der Waals surface area contributed by atoms with Gasteiger partial charge in [-0.2, -0.15) is 0 Å². The lowest BCUT2D eigenvalue weighted by Gasteiger charge is -2.08. The number of methoxy groups -OCH3 is 1. The summed E-state index contributed by atoms with van der Waals surface area (Å²) >= 11 is 5.99. The molecule has 1 rings (SSSR count). The molecule has 0 atom stereocenters. The monoisotopic (exact) mass is 378 g/mol. The largest absolute Gasteiger partial charge is 0.464 e. The van der Waals surface area contributed by atoms with Gasteiger partial charge in [0.2, 0.25) is 5.70 Å². The molecule has 0 radical (unpaired) electrons. The van der Waals surface area contributed by atoms with E-state index in [9.17, 15) is 14.9 Å². The zero-order chi connectivity index (χ0) is 13.7.